The Morgan fingerprint density at radius 2 is 1.74 bits per heavy atom. The molecule has 1 atom stereocenters. The maximum atomic E-state index is 12.7. The topological polar surface area (TPSA) is 52.6 Å². The fourth-order valence-corrected chi connectivity index (χ4v) is 3.62. The lowest BCUT2D eigenvalue weighted by Gasteiger charge is -2.25. The van der Waals surface area contributed by atoms with Crippen molar-refractivity contribution in [1.82, 2.24) is 0 Å². The van der Waals surface area contributed by atoms with Crippen molar-refractivity contribution in [2.24, 2.45) is 0 Å². The zero-order chi connectivity index (χ0) is 14.3. The predicted molar refractivity (Wildman–Crippen MR) is 76.2 cm³/mol. The molecular weight excluding hydrogens is 263 g/mol. The van der Waals surface area contributed by atoms with Gasteiger partial charge in [0, 0.05) is 12.3 Å². The second-order valence-corrected chi connectivity index (χ2v) is 7.76. The van der Waals surface area contributed by atoms with Crippen LogP contribution in [0.15, 0.2) is 30.3 Å². The van der Waals surface area contributed by atoms with E-state index in [1.807, 2.05) is 19.9 Å². The smallest absolute Gasteiger partial charge is 0.355 e. The van der Waals surface area contributed by atoms with E-state index in [4.69, 9.17) is 9.47 Å². The first kappa shape index (κ1) is 15.8. The Balaban J connectivity index is 2.99. The Kier molecular flexibility index (Phi) is 6.10. The molecule has 1 aromatic rings. The summed E-state index contributed by atoms with van der Waals surface area (Å²) in [4.78, 5) is 12.0. The van der Waals surface area contributed by atoms with Gasteiger partial charge in [-0.2, -0.15) is 0 Å². The molecule has 0 saturated carbocycles. The summed E-state index contributed by atoms with van der Waals surface area (Å²) in [5.41, 5.74) is 0. The van der Waals surface area contributed by atoms with Gasteiger partial charge in [-0.1, -0.05) is 32.0 Å². The van der Waals surface area contributed by atoms with E-state index < -0.39 is 19.0 Å². The lowest BCUT2D eigenvalue weighted by Crippen LogP contribution is -2.31. The van der Waals surface area contributed by atoms with Crippen molar-refractivity contribution >= 4 is 13.1 Å². The molecule has 4 nitrogen and oxygen atoms in total. The maximum absolute atomic E-state index is 12.7. The van der Waals surface area contributed by atoms with Gasteiger partial charge in [-0.3, -0.25) is 0 Å². The number of hydrogen-bond acceptors (Lipinski definition) is 4. The first-order chi connectivity index (χ1) is 9.07. The van der Waals surface area contributed by atoms with Crippen LogP contribution < -0.4 is 4.74 Å². The van der Waals surface area contributed by atoms with Crippen molar-refractivity contribution in [3.8, 4) is 5.75 Å². The molecule has 0 aliphatic carbocycles. The fourth-order valence-electron chi connectivity index (χ4n) is 1.73. The largest absolute Gasteiger partial charge is 0.471 e. The molecule has 0 bridgehead atoms. The Labute approximate surface area is 114 Å². The Hall–Kier alpha value is -1.28. The lowest BCUT2D eigenvalue weighted by atomic mass is 10.3. The highest BCUT2D eigenvalue weighted by Gasteiger charge is 2.38. The van der Waals surface area contributed by atoms with Crippen molar-refractivity contribution in [2.45, 2.75) is 26.6 Å². The monoisotopic (exact) mass is 284 g/mol. The molecule has 0 aliphatic heterocycles. The molecule has 0 amide bonds. The molecule has 0 spiro atoms. The van der Waals surface area contributed by atoms with Gasteiger partial charge in [-0.15, -0.1) is 0 Å². The van der Waals surface area contributed by atoms with Crippen molar-refractivity contribution in [3.63, 3.8) is 0 Å². The van der Waals surface area contributed by atoms with Gasteiger partial charge >= 0.3 is 5.97 Å². The predicted octanol–water partition coefficient (Wildman–Crippen LogP) is 3.36. The van der Waals surface area contributed by atoms with Gasteiger partial charge < -0.3 is 14.0 Å². The van der Waals surface area contributed by atoms with E-state index in [9.17, 15) is 9.36 Å². The summed E-state index contributed by atoms with van der Waals surface area (Å²) in [6.07, 6.45) is 0.833. The Morgan fingerprint density at radius 1 is 1.16 bits per heavy atom. The summed E-state index contributed by atoms with van der Waals surface area (Å²) in [5.74, 6) is -1.02. The average Bonchev–Trinajstić information content (AvgIpc) is 2.45. The molecule has 0 heterocycles. The molecule has 0 aromatic heterocycles. The number of esters is 1. The molecule has 1 rings (SSSR count). The summed E-state index contributed by atoms with van der Waals surface area (Å²) >= 11 is 0. The van der Waals surface area contributed by atoms with Crippen LogP contribution in [0.3, 0.4) is 0 Å². The van der Waals surface area contributed by atoms with Crippen molar-refractivity contribution in [1.29, 1.82) is 0 Å². The van der Waals surface area contributed by atoms with Crippen LogP contribution in [0.1, 0.15) is 20.8 Å². The van der Waals surface area contributed by atoms with Crippen LogP contribution in [0.5, 0.6) is 5.75 Å². The third-order valence-corrected chi connectivity index (χ3v) is 6.29. The zero-order valence-electron chi connectivity index (χ0n) is 11.7. The summed E-state index contributed by atoms with van der Waals surface area (Å²) in [6.45, 7) is 5.59. The zero-order valence-corrected chi connectivity index (χ0v) is 12.6. The molecule has 0 radical (unpaired) electrons. The Bertz CT molecular complexity index is 436. The number of rotatable bonds is 7. The van der Waals surface area contributed by atoms with Crippen LogP contribution in [0, 0.1) is 0 Å². The van der Waals surface area contributed by atoms with Crippen molar-refractivity contribution in [2.75, 3.05) is 18.9 Å². The van der Waals surface area contributed by atoms with Crippen molar-refractivity contribution < 1.29 is 18.8 Å². The summed E-state index contributed by atoms with van der Waals surface area (Å²) in [6, 6.07) is 8.94. The highest BCUT2D eigenvalue weighted by molar-refractivity contribution is 7.65. The molecule has 0 N–H and O–H groups in total. The number of hydrogen-bond donors (Lipinski definition) is 0. The summed E-state index contributed by atoms with van der Waals surface area (Å²) in [5, 5.41) is 0. The van der Waals surface area contributed by atoms with Gasteiger partial charge in [0.2, 0.25) is 5.85 Å². The molecule has 0 aliphatic rings. The number of ether oxygens (including phenoxy) is 2. The second-order valence-electron chi connectivity index (χ2n) is 4.12. The molecule has 0 saturated heterocycles. The van der Waals surface area contributed by atoms with Crippen LogP contribution in [0.2, 0.25) is 0 Å². The molecular formula is C14H21O4P. The van der Waals surface area contributed by atoms with E-state index in [0.29, 0.717) is 18.1 Å². The van der Waals surface area contributed by atoms with E-state index in [0.717, 1.165) is 0 Å². The molecule has 0 fully saturated rings. The lowest BCUT2D eigenvalue weighted by molar-refractivity contribution is -0.147. The van der Waals surface area contributed by atoms with E-state index in [2.05, 4.69) is 0 Å². The van der Waals surface area contributed by atoms with Crippen LogP contribution in [-0.4, -0.2) is 30.7 Å². The van der Waals surface area contributed by atoms with Crippen LogP contribution in [-0.2, 0) is 14.1 Å². The minimum atomic E-state index is -2.74. The van der Waals surface area contributed by atoms with Crippen molar-refractivity contribution in [3.05, 3.63) is 30.3 Å². The van der Waals surface area contributed by atoms with Gasteiger partial charge in [0.1, 0.15) is 12.9 Å². The van der Waals surface area contributed by atoms with Gasteiger partial charge in [-0.25, -0.2) is 4.79 Å². The van der Waals surface area contributed by atoms with Crippen LogP contribution >= 0.6 is 7.14 Å². The van der Waals surface area contributed by atoms with Gasteiger partial charge in [0.05, 0.1) is 6.61 Å². The highest BCUT2D eigenvalue weighted by atomic mass is 31.2. The second kappa shape index (κ2) is 7.34. The third kappa shape index (κ3) is 4.10. The summed E-state index contributed by atoms with van der Waals surface area (Å²) < 4.78 is 23.4. The van der Waals surface area contributed by atoms with E-state index in [-0.39, 0.29) is 6.61 Å². The van der Waals surface area contributed by atoms with Crippen LogP contribution in [0.25, 0.3) is 0 Å². The summed E-state index contributed by atoms with van der Waals surface area (Å²) in [7, 11) is -2.74. The molecule has 1 unspecified atom stereocenters. The number of para-hydroxylation sites is 1. The molecule has 1 aromatic carbocycles. The van der Waals surface area contributed by atoms with E-state index in [1.165, 1.54) is 0 Å². The minimum absolute atomic E-state index is 0.251. The molecule has 19 heavy (non-hydrogen) atoms. The van der Waals surface area contributed by atoms with Gasteiger partial charge in [0.15, 0.2) is 0 Å². The SMILES string of the molecule is CCOC(=O)C(Oc1ccccc1)P(=O)(CC)CC. The minimum Gasteiger partial charge on any atom is -0.471 e. The standard InChI is InChI=1S/C14H21O4P/c1-4-17-13(15)14(19(16,5-2)6-3)18-12-10-8-7-9-11-12/h7-11,14H,4-6H2,1-3H3. The Morgan fingerprint density at radius 3 is 2.21 bits per heavy atom. The third-order valence-electron chi connectivity index (χ3n) is 2.98. The normalized spacial score (nSPS) is 12.8. The molecule has 106 valence electrons. The van der Waals surface area contributed by atoms with Gasteiger partial charge in [-0.05, 0) is 19.1 Å². The van der Waals surface area contributed by atoms with Gasteiger partial charge in [0.25, 0.3) is 0 Å². The first-order valence-corrected chi connectivity index (χ1v) is 8.68. The first-order valence-electron chi connectivity index (χ1n) is 6.53. The van der Waals surface area contributed by atoms with E-state index >= 15 is 0 Å². The maximum Gasteiger partial charge on any atom is 0.355 e. The number of carbonyl (C=O) groups excluding carboxylic acids is 1. The fraction of sp³-hybridized carbons (Fsp3) is 0.500. The average molecular weight is 284 g/mol. The number of carbonyl (C=O) groups is 1. The molecule has 5 heteroatoms. The highest BCUT2D eigenvalue weighted by Crippen LogP contribution is 2.50. The quantitative estimate of drug-likeness (QED) is 0.569. The van der Waals surface area contributed by atoms with E-state index in [1.54, 1.807) is 31.2 Å². The van der Waals surface area contributed by atoms with Crippen LogP contribution in [0.4, 0.5) is 0 Å². The number of benzene rings is 1.